The number of nitrogens with zero attached hydrogens (tertiary/aromatic N) is 4. The van der Waals surface area contributed by atoms with E-state index in [9.17, 15) is 0 Å². The molecule has 0 radical (unpaired) electrons. The zero-order valence-electron chi connectivity index (χ0n) is 45.0. The van der Waals surface area contributed by atoms with Gasteiger partial charge < -0.3 is 4.74 Å². The molecule has 3 heterocycles. The molecule has 5 heteroatoms. The van der Waals surface area contributed by atoms with E-state index in [0.717, 1.165) is 67.7 Å². The fourth-order valence-electron chi connectivity index (χ4n) is 10.8. The highest BCUT2D eigenvalue weighted by atomic mass is 16.5. The third kappa shape index (κ3) is 9.37. The van der Waals surface area contributed by atoms with Gasteiger partial charge in [-0.25, -0.2) is 4.98 Å². The average molecular weight is 979 g/mol. The molecular formula is C70H66N4O. The maximum absolute atomic E-state index is 7.31. The van der Waals surface area contributed by atoms with E-state index in [1.165, 1.54) is 38.6 Å². The van der Waals surface area contributed by atoms with E-state index in [1.807, 2.05) is 6.20 Å². The van der Waals surface area contributed by atoms with Crippen molar-refractivity contribution in [3.05, 3.63) is 258 Å². The Balaban J connectivity index is 1.13. The number of benzene rings is 8. The van der Waals surface area contributed by atoms with E-state index >= 15 is 0 Å². The zero-order valence-corrected chi connectivity index (χ0v) is 45.0. The van der Waals surface area contributed by atoms with E-state index in [4.69, 9.17) is 9.72 Å². The van der Waals surface area contributed by atoms with E-state index in [-0.39, 0.29) is 16.2 Å². The molecule has 0 fully saturated rings. The van der Waals surface area contributed by atoms with Crippen LogP contribution >= 0.6 is 0 Å². The van der Waals surface area contributed by atoms with E-state index in [0.29, 0.717) is 0 Å². The van der Waals surface area contributed by atoms with Crippen LogP contribution in [0.2, 0.25) is 0 Å². The van der Waals surface area contributed by atoms with Crippen LogP contribution in [0.1, 0.15) is 103 Å². The summed E-state index contributed by atoms with van der Waals surface area (Å²) in [5.74, 6) is 2.35. The van der Waals surface area contributed by atoms with Crippen molar-refractivity contribution in [2.45, 2.75) is 90.9 Å². The summed E-state index contributed by atoms with van der Waals surface area (Å²) in [7, 11) is 0. The number of rotatable bonds is 11. The lowest BCUT2D eigenvalue weighted by atomic mass is 9.77. The minimum Gasteiger partial charge on any atom is -0.458 e. The first-order valence-corrected chi connectivity index (χ1v) is 26.3. The van der Waals surface area contributed by atoms with Crippen molar-refractivity contribution < 1.29 is 9.30 Å². The van der Waals surface area contributed by atoms with Gasteiger partial charge in [0, 0.05) is 40.1 Å². The average Bonchev–Trinajstić information content (AvgIpc) is 4.07. The summed E-state index contributed by atoms with van der Waals surface area (Å²) in [6.45, 7) is 22.9. The van der Waals surface area contributed by atoms with Crippen molar-refractivity contribution in [1.82, 2.24) is 14.1 Å². The molecule has 5 nitrogen and oxygen atoms in total. The molecule has 0 atom stereocenters. The molecule has 0 aliphatic heterocycles. The fourth-order valence-corrected chi connectivity index (χ4v) is 10.8. The molecule has 0 amide bonds. The first kappa shape index (κ1) is 49.0. The van der Waals surface area contributed by atoms with Crippen molar-refractivity contribution in [3.63, 3.8) is 0 Å². The summed E-state index contributed by atoms with van der Waals surface area (Å²) in [6.07, 6.45) is 8.15. The third-order valence-corrected chi connectivity index (χ3v) is 15.2. The third-order valence-electron chi connectivity index (χ3n) is 15.2. The van der Waals surface area contributed by atoms with Crippen LogP contribution in [0.4, 0.5) is 0 Å². The van der Waals surface area contributed by atoms with Crippen LogP contribution in [0.25, 0.3) is 61.3 Å². The van der Waals surface area contributed by atoms with Gasteiger partial charge in [-0.3, -0.25) is 13.7 Å². The molecular weight excluding hydrogens is 913 g/mol. The molecule has 0 aliphatic rings. The Morgan fingerprint density at radius 2 is 1.03 bits per heavy atom. The second-order valence-corrected chi connectivity index (χ2v) is 23.2. The van der Waals surface area contributed by atoms with Gasteiger partial charge in [0.1, 0.15) is 17.3 Å². The summed E-state index contributed by atoms with van der Waals surface area (Å²) < 4.78 is 14.1. The quantitative estimate of drug-likeness (QED) is 0.0956. The minimum atomic E-state index is -0.450. The van der Waals surface area contributed by atoms with Crippen LogP contribution in [0.15, 0.2) is 219 Å². The molecule has 75 heavy (non-hydrogen) atoms. The smallest absolute Gasteiger partial charge is 0.269 e. The van der Waals surface area contributed by atoms with Gasteiger partial charge in [-0.2, -0.15) is 0 Å². The Bertz CT molecular complexity index is 3850. The molecule has 0 aliphatic carbocycles. The van der Waals surface area contributed by atoms with Crippen LogP contribution in [-0.2, 0) is 21.7 Å². The summed E-state index contributed by atoms with van der Waals surface area (Å²) in [6, 6.07) is 74.1. The number of ether oxygens (including phenoxy) is 1. The maximum atomic E-state index is 7.31. The number of para-hydroxylation sites is 1. The second-order valence-electron chi connectivity index (χ2n) is 23.2. The summed E-state index contributed by atoms with van der Waals surface area (Å²) in [5.41, 5.74) is 14.7. The van der Waals surface area contributed by atoms with Crippen molar-refractivity contribution in [2.24, 2.45) is 0 Å². The largest absolute Gasteiger partial charge is 0.458 e. The number of fused-ring (bicyclic) bond motifs is 3. The maximum Gasteiger partial charge on any atom is 0.269 e. The highest BCUT2D eigenvalue weighted by Gasteiger charge is 2.31. The first-order chi connectivity index (χ1) is 35.9. The standard InChI is InChI=1S/C70H66N4O/c1-67(2,3)54-35-36-71-65(42-54)74-62-34-24-23-33-60(62)66-61(68(4,5)6)44-59(45-63(66)74)75-58-40-51(49-27-17-12-18-28-49)39-57(43-58)73-47-72(46-64(73)70(9,10)53-31-21-14-22-32-53)56-38-50(48-25-15-11-16-26-48)37-55(41-56)69(7,8)52-29-19-13-20-30-52/h11-46H,1-10H3. The van der Waals surface area contributed by atoms with Crippen LogP contribution in [0.5, 0.6) is 11.5 Å². The first-order valence-electron chi connectivity index (χ1n) is 26.3. The highest BCUT2D eigenvalue weighted by Crippen LogP contribution is 2.44. The van der Waals surface area contributed by atoms with Gasteiger partial charge in [0.25, 0.3) is 6.33 Å². The zero-order chi connectivity index (χ0) is 52.3. The van der Waals surface area contributed by atoms with Crippen LogP contribution < -0.4 is 9.30 Å². The van der Waals surface area contributed by atoms with E-state index in [1.54, 1.807) is 0 Å². The summed E-state index contributed by atoms with van der Waals surface area (Å²) in [5, 5.41) is 2.40. The van der Waals surface area contributed by atoms with E-state index < -0.39 is 5.41 Å². The van der Waals surface area contributed by atoms with Gasteiger partial charge >= 0.3 is 0 Å². The Morgan fingerprint density at radius 3 is 1.65 bits per heavy atom. The molecule has 11 rings (SSSR count). The number of aromatic nitrogens is 4. The Kier molecular flexibility index (Phi) is 12.3. The topological polar surface area (TPSA) is 35.9 Å². The minimum absolute atomic E-state index is 0.0518. The molecule has 11 aromatic rings. The van der Waals surface area contributed by atoms with Gasteiger partial charge in [-0.15, -0.1) is 0 Å². The Morgan fingerprint density at radius 1 is 0.453 bits per heavy atom. The number of pyridine rings is 1. The second kappa shape index (κ2) is 18.9. The molecule has 8 aromatic carbocycles. The highest BCUT2D eigenvalue weighted by molar-refractivity contribution is 6.11. The number of imidazole rings is 1. The van der Waals surface area contributed by atoms with Crippen molar-refractivity contribution in [3.8, 4) is 50.9 Å². The molecule has 0 spiro atoms. The Hall–Kier alpha value is -8.28. The number of hydrogen-bond acceptors (Lipinski definition) is 2. The fraction of sp³-hybridized carbons (Fsp3) is 0.200. The van der Waals surface area contributed by atoms with Gasteiger partial charge in [0.15, 0.2) is 0 Å². The Labute approximate surface area is 443 Å². The molecule has 3 aromatic heterocycles. The molecule has 0 bridgehead atoms. The lowest BCUT2D eigenvalue weighted by molar-refractivity contribution is -0.599. The van der Waals surface area contributed by atoms with Crippen molar-refractivity contribution >= 4 is 21.8 Å². The summed E-state index contributed by atoms with van der Waals surface area (Å²) in [4.78, 5) is 5.03. The van der Waals surface area contributed by atoms with Crippen molar-refractivity contribution in [1.29, 1.82) is 0 Å². The lowest BCUT2D eigenvalue weighted by Gasteiger charge is -2.28. The predicted molar refractivity (Wildman–Crippen MR) is 310 cm³/mol. The summed E-state index contributed by atoms with van der Waals surface area (Å²) >= 11 is 0. The normalized spacial score (nSPS) is 12.4. The molecule has 0 saturated heterocycles. The molecule has 372 valence electrons. The van der Waals surface area contributed by atoms with Gasteiger partial charge in [0.2, 0.25) is 0 Å². The number of hydrogen-bond donors (Lipinski definition) is 0. The van der Waals surface area contributed by atoms with Crippen LogP contribution in [0, 0.1) is 6.33 Å². The van der Waals surface area contributed by atoms with Gasteiger partial charge in [-0.05, 0) is 115 Å². The van der Waals surface area contributed by atoms with Crippen LogP contribution in [0.3, 0.4) is 0 Å². The molecule has 0 saturated carbocycles. The van der Waals surface area contributed by atoms with Gasteiger partial charge in [0.05, 0.1) is 28.1 Å². The van der Waals surface area contributed by atoms with E-state index in [2.05, 4.69) is 302 Å². The molecule has 0 unspecified atom stereocenters. The van der Waals surface area contributed by atoms with Gasteiger partial charge in [-0.1, -0.05) is 215 Å². The lowest BCUT2D eigenvalue weighted by Crippen LogP contribution is -2.30. The van der Waals surface area contributed by atoms with Crippen molar-refractivity contribution in [2.75, 3.05) is 0 Å². The van der Waals surface area contributed by atoms with Crippen LogP contribution in [-0.4, -0.2) is 14.1 Å². The molecule has 0 N–H and O–H groups in total. The predicted octanol–water partition coefficient (Wildman–Crippen LogP) is 17.4. The SMILES string of the molecule is CC(C)(C)c1ccnc(-n2c3ccccc3c3c(C(C)(C)C)cc(Oc4cc(-c5ccccc5)cc(-n5[c-][n+](-c6cc(-c7ccccc7)cc(C(C)(C)c7ccccc7)c6)cc5C(C)(C)c5ccccc5)c4)cc32)c1. The monoisotopic (exact) mass is 979 g/mol.